The number of benzene rings is 5. The molecule has 0 saturated carbocycles. The first-order valence-corrected chi connectivity index (χ1v) is 15.4. The highest BCUT2D eigenvalue weighted by Crippen LogP contribution is 2.36. The molecule has 1 fully saturated rings. The van der Waals surface area contributed by atoms with Crippen molar-refractivity contribution in [1.29, 1.82) is 0 Å². The number of hydrogen-bond acceptors (Lipinski definition) is 4. The lowest BCUT2D eigenvalue weighted by molar-refractivity contribution is -0.0418. The van der Waals surface area contributed by atoms with Crippen molar-refractivity contribution >= 4 is 6.03 Å². The second kappa shape index (κ2) is 14.2. The monoisotopic (exact) mass is 598 g/mol. The minimum Gasteiger partial charge on any atom is -0.489 e. The normalized spacial score (nSPS) is 20.1. The Kier molecular flexibility index (Phi) is 9.54. The second-order valence-electron chi connectivity index (χ2n) is 11.5. The minimum absolute atomic E-state index is 0.236. The molecule has 0 spiro atoms. The molecule has 1 unspecified atom stereocenters. The Labute approximate surface area is 264 Å². The highest BCUT2D eigenvalue weighted by Gasteiger charge is 2.46. The first-order valence-electron chi connectivity index (χ1n) is 15.4. The molecule has 4 atom stereocenters. The molecule has 6 rings (SSSR count). The van der Waals surface area contributed by atoms with Crippen LogP contribution in [0.15, 0.2) is 146 Å². The Morgan fingerprint density at radius 2 is 1.02 bits per heavy atom. The molecular weight excluding hydrogens is 560 g/mol. The Hall–Kier alpha value is -4.91. The fourth-order valence-corrected chi connectivity index (χ4v) is 6.08. The number of ether oxygens (including phenoxy) is 1. The third-order valence-electron chi connectivity index (χ3n) is 8.44. The van der Waals surface area contributed by atoms with E-state index in [2.05, 4.69) is 0 Å². The highest BCUT2D eigenvalue weighted by atomic mass is 16.5. The van der Waals surface area contributed by atoms with Crippen molar-refractivity contribution in [3.63, 3.8) is 0 Å². The van der Waals surface area contributed by atoms with Gasteiger partial charge in [0, 0.05) is 13.1 Å². The first kappa shape index (κ1) is 30.1. The van der Waals surface area contributed by atoms with Gasteiger partial charge in [0.15, 0.2) is 0 Å². The fourth-order valence-electron chi connectivity index (χ4n) is 6.08. The Balaban J connectivity index is 1.33. The lowest BCUT2D eigenvalue weighted by Crippen LogP contribution is -2.50. The van der Waals surface area contributed by atoms with Crippen LogP contribution in [0.2, 0.25) is 0 Å². The molecule has 2 amide bonds. The van der Waals surface area contributed by atoms with Gasteiger partial charge in [0.05, 0.1) is 12.1 Å². The van der Waals surface area contributed by atoms with Gasteiger partial charge in [-0.2, -0.15) is 0 Å². The van der Waals surface area contributed by atoms with Gasteiger partial charge >= 0.3 is 6.03 Å². The Morgan fingerprint density at radius 1 is 0.533 bits per heavy atom. The average Bonchev–Trinajstić information content (AvgIpc) is 3.16. The van der Waals surface area contributed by atoms with Crippen LogP contribution in [-0.2, 0) is 26.1 Å². The lowest BCUT2D eigenvalue weighted by Gasteiger charge is -2.36. The van der Waals surface area contributed by atoms with Gasteiger partial charge in [0.2, 0.25) is 0 Å². The second-order valence-corrected chi connectivity index (χ2v) is 11.5. The predicted octanol–water partition coefficient (Wildman–Crippen LogP) is 6.78. The van der Waals surface area contributed by atoms with Gasteiger partial charge in [-0.3, -0.25) is 0 Å². The van der Waals surface area contributed by atoms with Crippen LogP contribution in [0.4, 0.5) is 4.79 Å². The number of carbonyl (C=O) groups excluding carboxylic acids is 1. The van der Waals surface area contributed by atoms with Crippen molar-refractivity contribution in [2.24, 2.45) is 0 Å². The highest BCUT2D eigenvalue weighted by molar-refractivity contribution is 5.76. The summed E-state index contributed by atoms with van der Waals surface area (Å²) in [6.45, 7) is 1.04. The van der Waals surface area contributed by atoms with E-state index in [1.165, 1.54) is 0 Å². The summed E-state index contributed by atoms with van der Waals surface area (Å²) in [5.41, 5.74) is 4.67. The van der Waals surface area contributed by atoms with E-state index in [4.69, 9.17) is 4.74 Å². The molecule has 5 aromatic carbocycles. The van der Waals surface area contributed by atoms with Crippen molar-refractivity contribution in [2.45, 2.75) is 50.4 Å². The molecule has 2 N–H and O–H groups in total. The van der Waals surface area contributed by atoms with E-state index in [0.29, 0.717) is 19.6 Å². The van der Waals surface area contributed by atoms with E-state index in [1.807, 2.05) is 146 Å². The van der Waals surface area contributed by atoms with E-state index in [1.54, 1.807) is 9.80 Å². The molecule has 6 heteroatoms. The molecule has 1 aliphatic rings. The molecular formula is C39H38N2O4. The summed E-state index contributed by atoms with van der Waals surface area (Å²) in [6, 6.07) is 45.2. The number of carbonyl (C=O) groups is 1. The number of nitrogens with zero attached hydrogens (tertiary/aromatic N) is 2. The zero-order valence-electron chi connectivity index (χ0n) is 25.1. The Morgan fingerprint density at radius 3 is 1.58 bits per heavy atom. The van der Waals surface area contributed by atoms with Crippen LogP contribution in [0.1, 0.15) is 33.9 Å². The smallest absolute Gasteiger partial charge is 0.321 e. The van der Waals surface area contributed by atoms with E-state index < -0.39 is 24.3 Å². The van der Waals surface area contributed by atoms with Gasteiger partial charge < -0.3 is 24.7 Å². The molecule has 45 heavy (non-hydrogen) atoms. The van der Waals surface area contributed by atoms with Crippen LogP contribution in [0.3, 0.4) is 0 Å². The van der Waals surface area contributed by atoms with Gasteiger partial charge in [-0.1, -0.05) is 133 Å². The van der Waals surface area contributed by atoms with Gasteiger partial charge in [-0.05, 0) is 46.4 Å². The number of aliphatic hydroxyl groups excluding tert-OH is 2. The Bertz CT molecular complexity index is 1630. The molecule has 1 aliphatic heterocycles. The third-order valence-corrected chi connectivity index (χ3v) is 8.44. The van der Waals surface area contributed by atoms with E-state index in [-0.39, 0.29) is 12.6 Å². The van der Waals surface area contributed by atoms with Crippen molar-refractivity contribution < 1.29 is 19.7 Å². The van der Waals surface area contributed by atoms with E-state index in [0.717, 1.165) is 33.6 Å². The van der Waals surface area contributed by atoms with Crippen LogP contribution in [0.25, 0.3) is 0 Å². The summed E-state index contributed by atoms with van der Waals surface area (Å²) in [5, 5.41) is 23.8. The molecule has 6 nitrogen and oxygen atoms in total. The molecule has 228 valence electrons. The van der Waals surface area contributed by atoms with Gasteiger partial charge in [0.1, 0.15) is 24.6 Å². The molecule has 1 heterocycles. The number of rotatable bonds is 10. The number of amides is 2. The lowest BCUT2D eigenvalue weighted by atomic mass is 9.90. The largest absolute Gasteiger partial charge is 0.489 e. The number of aliphatic hydroxyl groups is 2. The molecule has 0 aromatic heterocycles. The maximum atomic E-state index is 14.7. The van der Waals surface area contributed by atoms with Gasteiger partial charge in [-0.25, -0.2) is 4.79 Å². The van der Waals surface area contributed by atoms with Crippen LogP contribution >= 0.6 is 0 Å². The van der Waals surface area contributed by atoms with E-state index >= 15 is 0 Å². The average molecular weight is 599 g/mol. The standard InChI is InChI=1S/C39H38N2O4/c42-37-35(25-29-21-23-34(24-22-29)45-28-32-17-9-3-10-18-32)40(26-30-13-5-1-6-14-30)39(44)41(27-31-15-7-2-8-16-31)36(38(37)43)33-19-11-4-12-20-33/h1-24,35-38,42-43H,25-28H2/t35-,36?,37+,38+/m1/s1. The zero-order chi connectivity index (χ0) is 31.0. The molecule has 0 bridgehead atoms. The summed E-state index contributed by atoms with van der Waals surface area (Å²) in [5.74, 6) is 0.736. The number of hydrogen-bond donors (Lipinski definition) is 2. The molecule has 0 radical (unpaired) electrons. The quantitative estimate of drug-likeness (QED) is 0.186. The summed E-state index contributed by atoms with van der Waals surface area (Å²) in [7, 11) is 0. The van der Waals surface area contributed by atoms with Crippen LogP contribution in [0.5, 0.6) is 5.75 Å². The molecule has 0 aliphatic carbocycles. The van der Waals surface area contributed by atoms with Crippen molar-refractivity contribution in [3.8, 4) is 5.75 Å². The van der Waals surface area contributed by atoms with Crippen LogP contribution in [0, 0.1) is 0 Å². The first-order chi connectivity index (χ1) is 22.1. The maximum absolute atomic E-state index is 14.7. The summed E-state index contributed by atoms with van der Waals surface area (Å²) < 4.78 is 5.99. The van der Waals surface area contributed by atoms with Crippen molar-refractivity contribution in [2.75, 3.05) is 0 Å². The zero-order valence-corrected chi connectivity index (χ0v) is 25.1. The van der Waals surface area contributed by atoms with Gasteiger partial charge in [0.25, 0.3) is 0 Å². The SMILES string of the molecule is O=C1N(Cc2ccccc2)C(c2ccccc2)[C@H](O)[C@@H](O)[C@@H](Cc2ccc(OCc3ccccc3)cc2)N1Cc1ccccc1. The maximum Gasteiger partial charge on any atom is 0.321 e. The summed E-state index contributed by atoms with van der Waals surface area (Å²) in [4.78, 5) is 18.2. The summed E-state index contributed by atoms with van der Waals surface area (Å²) in [6.07, 6.45) is -2.08. The topological polar surface area (TPSA) is 73.2 Å². The van der Waals surface area contributed by atoms with Crippen LogP contribution < -0.4 is 4.74 Å². The summed E-state index contributed by atoms with van der Waals surface area (Å²) >= 11 is 0. The number of urea groups is 1. The fraction of sp³-hybridized carbons (Fsp3) is 0.205. The molecule has 5 aromatic rings. The third kappa shape index (κ3) is 7.26. The molecule has 1 saturated heterocycles. The van der Waals surface area contributed by atoms with Crippen LogP contribution in [-0.4, -0.2) is 44.3 Å². The van der Waals surface area contributed by atoms with E-state index in [9.17, 15) is 15.0 Å². The predicted molar refractivity (Wildman–Crippen MR) is 175 cm³/mol. The van der Waals surface area contributed by atoms with Gasteiger partial charge in [-0.15, -0.1) is 0 Å². The van der Waals surface area contributed by atoms with Crippen molar-refractivity contribution in [1.82, 2.24) is 9.80 Å². The minimum atomic E-state index is -1.22. The van der Waals surface area contributed by atoms with Crippen molar-refractivity contribution in [3.05, 3.63) is 173 Å².